The van der Waals surface area contributed by atoms with Gasteiger partial charge in [-0.1, -0.05) is 158 Å². The second-order valence-corrected chi connectivity index (χ2v) is 14.2. The van der Waals surface area contributed by atoms with Crippen molar-refractivity contribution in [2.24, 2.45) is 0 Å². The standard InChI is InChI=1S/C52H34N4/c1-3-17-35(18-4-1)40-21-7-8-22-41(40)47-34-46(36-19-5-2-6-20-36)53-52(54-47)37-31-38(55-48-27-13-9-23-42(48)43-24-10-14-28-49(43)55)33-39(32-37)56-50-29-15-11-25-44(50)45-26-12-16-30-51(45)56/h1-34H. The molecular formula is C52H34N4. The molecule has 0 saturated carbocycles. The van der Waals surface area contributed by atoms with Gasteiger partial charge in [0.2, 0.25) is 0 Å². The molecule has 262 valence electrons. The van der Waals surface area contributed by atoms with Crippen molar-refractivity contribution in [2.45, 2.75) is 0 Å². The Labute approximate surface area is 324 Å². The molecule has 8 aromatic carbocycles. The molecule has 56 heavy (non-hydrogen) atoms. The predicted molar refractivity (Wildman–Crippen MR) is 232 cm³/mol. The number of nitrogens with zero attached hydrogens (tertiary/aromatic N) is 4. The fourth-order valence-electron chi connectivity index (χ4n) is 8.43. The molecule has 0 aliphatic rings. The molecule has 3 aromatic heterocycles. The molecular weight excluding hydrogens is 681 g/mol. The number of hydrogen-bond acceptors (Lipinski definition) is 2. The number of benzene rings is 8. The van der Waals surface area contributed by atoms with E-state index in [-0.39, 0.29) is 0 Å². The maximum Gasteiger partial charge on any atom is 0.160 e. The first-order chi connectivity index (χ1) is 27.8. The second-order valence-electron chi connectivity index (χ2n) is 14.2. The van der Waals surface area contributed by atoms with E-state index < -0.39 is 0 Å². The average molecular weight is 715 g/mol. The lowest BCUT2D eigenvalue weighted by Gasteiger charge is -2.17. The second kappa shape index (κ2) is 13.1. The summed E-state index contributed by atoms with van der Waals surface area (Å²) in [7, 11) is 0. The maximum absolute atomic E-state index is 5.45. The van der Waals surface area contributed by atoms with E-state index in [1.54, 1.807) is 0 Å². The normalized spacial score (nSPS) is 11.6. The van der Waals surface area contributed by atoms with Crippen LogP contribution in [0.4, 0.5) is 0 Å². The van der Waals surface area contributed by atoms with Crippen LogP contribution in [0.2, 0.25) is 0 Å². The minimum Gasteiger partial charge on any atom is -0.309 e. The Hall–Kier alpha value is -7.56. The summed E-state index contributed by atoms with van der Waals surface area (Å²) in [4.78, 5) is 10.8. The molecule has 0 spiro atoms. The zero-order valence-corrected chi connectivity index (χ0v) is 30.4. The van der Waals surface area contributed by atoms with Crippen molar-refractivity contribution in [2.75, 3.05) is 0 Å². The molecule has 0 saturated heterocycles. The molecule has 0 aliphatic heterocycles. The summed E-state index contributed by atoms with van der Waals surface area (Å²) in [6, 6.07) is 73.2. The van der Waals surface area contributed by atoms with E-state index >= 15 is 0 Å². The third kappa shape index (κ3) is 5.23. The summed E-state index contributed by atoms with van der Waals surface area (Å²) < 4.78 is 4.77. The number of fused-ring (bicyclic) bond motifs is 6. The highest BCUT2D eigenvalue weighted by atomic mass is 15.0. The summed E-state index contributed by atoms with van der Waals surface area (Å²) >= 11 is 0. The lowest BCUT2D eigenvalue weighted by atomic mass is 9.96. The SMILES string of the molecule is c1ccc(-c2cc(-c3ccccc3-c3ccccc3)nc(-c3cc(-n4c5ccccc5c5ccccc54)cc(-n4c5ccccc5c5ccccc54)c3)n2)cc1. The minimum absolute atomic E-state index is 0.661. The van der Waals surface area contributed by atoms with Gasteiger partial charge in [0.1, 0.15) is 0 Å². The van der Waals surface area contributed by atoms with Gasteiger partial charge in [-0.25, -0.2) is 9.97 Å². The minimum atomic E-state index is 0.661. The molecule has 0 bridgehead atoms. The third-order valence-electron chi connectivity index (χ3n) is 10.9. The summed E-state index contributed by atoms with van der Waals surface area (Å²) in [6.45, 7) is 0. The van der Waals surface area contributed by atoms with Crippen molar-refractivity contribution in [1.29, 1.82) is 0 Å². The lowest BCUT2D eigenvalue weighted by Crippen LogP contribution is -2.02. The van der Waals surface area contributed by atoms with Gasteiger partial charge in [0.25, 0.3) is 0 Å². The number of rotatable bonds is 6. The smallest absolute Gasteiger partial charge is 0.160 e. The summed E-state index contributed by atoms with van der Waals surface area (Å²) in [6.07, 6.45) is 0. The van der Waals surface area contributed by atoms with E-state index in [0.717, 1.165) is 72.6 Å². The van der Waals surface area contributed by atoms with Gasteiger partial charge in [-0.05, 0) is 59.7 Å². The molecule has 0 fully saturated rings. The zero-order chi connectivity index (χ0) is 37.0. The van der Waals surface area contributed by atoms with Gasteiger partial charge >= 0.3 is 0 Å². The molecule has 11 aromatic rings. The van der Waals surface area contributed by atoms with Crippen molar-refractivity contribution in [3.63, 3.8) is 0 Å². The molecule has 0 atom stereocenters. The van der Waals surface area contributed by atoms with Gasteiger partial charge < -0.3 is 9.13 Å². The Kier molecular flexibility index (Phi) is 7.46. The molecule has 4 nitrogen and oxygen atoms in total. The van der Waals surface area contributed by atoms with Crippen molar-refractivity contribution < 1.29 is 0 Å². The quantitative estimate of drug-likeness (QED) is 0.172. The molecule has 0 amide bonds. The Morgan fingerprint density at radius 3 is 1.18 bits per heavy atom. The summed E-state index contributed by atoms with van der Waals surface area (Å²) in [5.41, 5.74) is 13.7. The summed E-state index contributed by atoms with van der Waals surface area (Å²) in [5, 5.41) is 4.87. The monoisotopic (exact) mass is 714 g/mol. The van der Waals surface area contributed by atoms with Crippen LogP contribution in [0.1, 0.15) is 0 Å². The van der Waals surface area contributed by atoms with E-state index in [1.165, 1.54) is 21.5 Å². The first-order valence-corrected chi connectivity index (χ1v) is 19.0. The highest BCUT2D eigenvalue weighted by Gasteiger charge is 2.20. The average Bonchev–Trinajstić information content (AvgIpc) is 3.80. The van der Waals surface area contributed by atoms with Crippen LogP contribution in [-0.2, 0) is 0 Å². The van der Waals surface area contributed by atoms with Crippen LogP contribution < -0.4 is 0 Å². The van der Waals surface area contributed by atoms with E-state index in [2.05, 4.69) is 209 Å². The lowest BCUT2D eigenvalue weighted by molar-refractivity contribution is 1.12. The van der Waals surface area contributed by atoms with Gasteiger partial charge in [0, 0.05) is 49.6 Å². The van der Waals surface area contributed by atoms with Crippen LogP contribution in [0.3, 0.4) is 0 Å². The highest BCUT2D eigenvalue weighted by Crippen LogP contribution is 2.39. The first kappa shape index (κ1) is 31.9. The van der Waals surface area contributed by atoms with Gasteiger partial charge in [0.05, 0.1) is 33.5 Å². The van der Waals surface area contributed by atoms with Crippen LogP contribution in [0.5, 0.6) is 0 Å². The highest BCUT2D eigenvalue weighted by molar-refractivity contribution is 6.10. The van der Waals surface area contributed by atoms with E-state index in [0.29, 0.717) is 5.82 Å². The third-order valence-corrected chi connectivity index (χ3v) is 10.9. The van der Waals surface area contributed by atoms with Crippen LogP contribution >= 0.6 is 0 Å². The molecule has 0 aliphatic carbocycles. The van der Waals surface area contributed by atoms with Gasteiger partial charge in [0.15, 0.2) is 5.82 Å². The molecule has 11 rings (SSSR count). The number of para-hydroxylation sites is 4. The van der Waals surface area contributed by atoms with Crippen LogP contribution in [0.15, 0.2) is 206 Å². The van der Waals surface area contributed by atoms with Gasteiger partial charge in [-0.15, -0.1) is 0 Å². The van der Waals surface area contributed by atoms with E-state index in [9.17, 15) is 0 Å². The van der Waals surface area contributed by atoms with Crippen molar-refractivity contribution >= 4 is 43.6 Å². The Bertz CT molecular complexity index is 3010. The number of aromatic nitrogens is 4. The van der Waals surface area contributed by atoms with Gasteiger partial charge in [-0.2, -0.15) is 0 Å². The predicted octanol–water partition coefficient (Wildman–Crippen LogP) is 13.3. The van der Waals surface area contributed by atoms with E-state index in [1.807, 2.05) is 6.07 Å². The molecule has 4 heteroatoms. The Balaban J connectivity index is 1.23. The van der Waals surface area contributed by atoms with Crippen LogP contribution in [-0.4, -0.2) is 19.1 Å². The molecule has 0 N–H and O–H groups in total. The topological polar surface area (TPSA) is 35.6 Å². The fraction of sp³-hybridized carbons (Fsp3) is 0. The molecule has 0 radical (unpaired) electrons. The fourth-order valence-corrected chi connectivity index (χ4v) is 8.43. The number of hydrogen-bond donors (Lipinski definition) is 0. The van der Waals surface area contributed by atoms with Gasteiger partial charge in [-0.3, -0.25) is 0 Å². The van der Waals surface area contributed by atoms with Crippen LogP contribution in [0, 0.1) is 0 Å². The van der Waals surface area contributed by atoms with Crippen molar-refractivity contribution in [3.05, 3.63) is 206 Å². The largest absolute Gasteiger partial charge is 0.309 e. The van der Waals surface area contributed by atoms with Crippen molar-refractivity contribution in [1.82, 2.24) is 19.1 Å². The van der Waals surface area contributed by atoms with E-state index in [4.69, 9.17) is 9.97 Å². The molecule has 3 heterocycles. The first-order valence-electron chi connectivity index (χ1n) is 19.0. The Morgan fingerprint density at radius 1 is 0.286 bits per heavy atom. The van der Waals surface area contributed by atoms with Crippen LogP contribution in [0.25, 0.3) is 100 Å². The summed E-state index contributed by atoms with van der Waals surface area (Å²) in [5.74, 6) is 0.661. The zero-order valence-electron chi connectivity index (χ0n) is 30.4. The maximum atomic E-state index is 5.45. The van der Waals surface area contributed by atoms with Crippen molar-refractivity contribution in [3.8, 4) is 56.4 Å². The Morgan fingerprint density at radius 2 is 0.679 bits per heavy atom. The molecule has 0 unspecified atom stereocenters.